The first-order valence-electron chi connectivity index (χ1n) is 6.84. The van der Waals surface area contributed by atoms with E-state index in [9.17, 15) is 0 Å². The summed E-state index contributed by atoms with van der Waals surface area (Å²) >= 11 is 12.4. The zero-order valence-corrected chi connectivity index (χ0v) is 12.4. The molecule has 0 saturated heterocycles. The van der Waals surface area contributed by atoms with Gasteiger partial charge in [-0.15, -0.1) is 0 Å². The molecule has 1 fully saturated rings. The van der Waals surface area contributed by atoms with E-state index in [1.807, 2.05) is 25.2 Å². The van der Waals surface area contributed by atoms with E-state index in [0.29, 0.717) is 12.0 Å². The summed E-state index contributed by atoms with van der Waals surface area (Å²) in [6, 6.07) is 6.10. The predicted octanol–water partition coefficient (Wildman–Crippen LogP) is 5.22. The monoisotopic (exact) mass is 285 g/mol. The van der Waals surface area contributed by atoms with Gasteiger partial charge in [0.1, 0.15) is 0 Å². The summed E-state index contributed by atoms with van der Waals surface area (Å²) in [5.74, 6) is 0.675. The molecule has 0 amide bonds. The number of halogens is 2. The van der Waals surface area contributed by atoms with Crippen LogP contribution in [-0.2, 0) is 0 Å². The fourth-order valence-corrected chi connectivity index (χ4v) is 3.46. The van der Waals surface area contributed by atoms with Crippen LogP contribution in [0.3, 0.4) is 0 Å². The first-order valence-corrected chi connectivity index (χ1v) is 7.60. The predicted molar refractivity (Wildman–Crippen MR) is 79.5 cm³/mol. The van der Waals surface area contributed by atoms with Crippen LogP contribution in [-0.4, -0.2) is 7.05 Å². The standard InChI is InChI=1S/C15H21Cl2N/c1-18-15(11-6-4-2-3-5-7-11)13-10-12(16)8-9-14(13)17/h8-11,15,18H,2-7H2,1H3. The molecule has 0 aromatic heterocycles. The molecule has 1 aliphatic carbocycles. The quantitative estimate of drug-likeness (QED) is 0.751. The van der Waals surface area contributed by atoms with Crippen LogP contribution in [0.4, 0.5) is 0 Å². The summed E-state index contributed by atoms with van der Waals surface area (Å²) in [6.45, 7) is 0. The zero-order chi connectivity index (χ0) is 13.0. The van der Waals surface area contributed by atoms with Crippen molar-refractivity contribution in [1.29, 1.82) is 0 Å². The van der Waals surface area contributed by atoms with Crippen LogP contribution in [0.5, 0.6) is 0 Å². The maximum atomic E-state index is 6.33. The Morgan fingerprint density at radius 1 is 1.11 bits per heavy atom. The second-order valence-corrected chi connectivity index (χ2v) is 6.03. The van der Waals surface area contributed by atoms with Crippen LogP contribution in [0.1, 0.15) is 50.1 Å². The van der Waals surface area contributed by atoms with Crippen molar-refractivity contribution in [2.75, 3.05) is 7.05 Å². The summed E-state index contributed by atoms with van der Waals surface area (Å²) in [5, 5.41) is 5.03. The summed E-state index contributed by atoms with van der Waals surface area (Å²) in [5.41, 5.74) is 1.15. The van der Waals surface area contributed by atoms with E-state index < -0.39 is 0 Å². The molecule has 0 bridgehead atoms. The molecule has 1 saturated carbocycles. The van der Waals surface area contributed by atoms with Crippen LogP contribution < -0.4 is 5.32 Å². The number of hydrogen-bond donors (Lipinski definition) is 1. The van der Waals surface area contributed by atoms with Gasteiger partial charge in [-0.3, -0.25) is 0 Å². The van der Waals surface area contributed by atoms with Crippen molar-refractivity contribution in [3.05, 3.63) is 33.8 Å². The smallest absolute Gasteiger partial charge is 0.0454 e. The van der Waals surface area contributed by atoms with Crippen LogP contribution >= 0.6 is 23.2 Å². The lowest BCUT2D eigenvalue weighted by Gasteiger charge is -2.27. The van der Waals surface area contributed by atoms with Crippen molar-refractivity contribution >= 4 is 23.2 Å². The Bertz CT molecular complexity index is 384. The van der Waals surface area contributed by atoms with Crippen LogP contribution in [0, 0.1) is 5.92 Å². The zero-order valence-electron chi connectivity index (χ0n) is 10.9. The molecule has 1 nitrogen and oxygen atoms in total. The molecule has 0 aliphatic heterocycles. The van der Waals surface area contributed by atoms with E-state index in [0.717, 1.165) is 15.6 Å². The molecule has 0 heterocycles. The fourth-order valence-electron chi connectivity index (χ4n) is 3.04. The topological polar surface area (TPSA) is 12.0 Å². The molecule has 0 radical (unpaired) electrons. The molecule has 1 N–H and O–H groups in total. The maximum Gasteiger partial charge on any atom is 0.0454 e. The molecule has 1 aromatic carbocycles. The van der Waals surface area contributed by atoms with E-state index in [1.54, 1.807) is 0 Å². The Hall–Kier alpha value is -0.240. The van der Waals surface area contributed by atoms with Gasteiger partial charge in [0.25, 0.3) is 0 Å². The third-order valence-electron chi connectivity index (χ3n) is 3.98. The summed E-state index contributed by atoms with van der Waals surface area (Å²) in [4.78, 5) is 0. The van der Waals surface area contributed by atoms with Crippen molar-refractivity contribution in [1.82, 2.24) is 5.32 Å². The lowest BCUT2D eigenvalue weighted by atomic mass is 9.87. The molecular formula is C15H21Cl2N. The normalized spacial score (nSPS) is 19.5. The first-order chi connectivity index (χ1) is 8.72. The van der Waals surface area contributed by atoms with Crippen molar-refractivity contribution in [3.63, 3.8) is 0 Å². The van der Waals surface area contributed by atoms with Crippen molar-refractivity contribution in [2.24, 2.45) is 5.92 Å². The first kappa shape index (κ1) is 14.2. The largest absolute Gasteiger partial charge is 0.313 e. The van der Waals surface area contributed by atoms with Crippen LogP contribution in [0.2, 0.25) is 10.0 Å². The van der Waals surface area contributed by atoms with E-state index in [-0.39, 0.29) is 0 Å². The third kappa shape index (κ3) is 3.40. The average Bonchev–Trinajstić information content (AvgIpc) is 2.64. The van der Waals surface area contributed by atoms with Gasteiger partial charge in [-0.25, -0.2) is 0 Å². The SMILES string of the molecule is CNC(c1cc(Cl)ccc1Cl)C1CCCCCC1. The number of benzene rings is 1. The summed E-state index contributed by atoms with van der Waals surface area (Å²) in [6.07, 6.45) is 7.98. The van der Waals surface area contributed by atoms with E-state index in [2.05, 4.69) is 5.32 Å². The lowest BCUT2D eigenvalue weighted by molar-refractivity contribution is 0.342. The van der Waals surface area contributed by atoms with Crippen LogP contribution in [0.25, 0.3) is 0 Å². The number of nitrogens with one attached hydrogen (secondary N) is 1. The Labute approximate surface area is 120 Å². The van der Waals surface area contributed by atoms with Gasteiger partial charge in [-0.05, 0) is 49.6 Å². The summed E-state index contributed by atoms with van der Waals surface area (Å²) < 4.78 is 0. The highest BCUT2D eigenvalue weighted by atomic mass is 35.5. The molecule has 100 valence electrons. The highest BCUT2D eigenvalue weighted by Crippen LogP contribution is 2.37. The molecule has 1 atom stereocenters. The van der Waals surface area contributed by atoms with E-state index in [4.69, 9.17) is 23.2 Å². The molecule has 1 aliphatic rings. The molecule has 3 heteroatoms. The lowest BCUT2D eigenvalue weighted by Crippen LogP contribution is -2.25. The van der Waals surface area contributed by atoms with Crippen molar-refractivity contribution in [2.45, 2.75) is 44.6 Å². The fraction of sp³-hybridized carbons (Fsp3) is 0.600. The minimum atomic E-state index is 0.328. The van der Waals surface area contributed by atoms with Gasteiger partial charge >= 0.3 is 0 Å². The number of hydrogen-bond acceptors (Lipinski definition) is 1. The second kappa shape index (κ2) is 6.79. The third-order valence-corrected chi connectivity index (χ3v) is 4.55. The van der Waals surface area contributed by atoms with E-state index >= 15 is 0 Å². The molecule has 1 unspecified atom stereocenters. The number of rotatable bonds is 3. The van der Waals surface area contributed by atoms with Crippen molar-refractivity contribution in [3.8, 4) is 0 Å². The highest BCUT2D eigenvalue weighted by Gasteiger charge is 2.24. The molecule has 1 aromatic rings. The van der Waals surface area contributed by atoms with Gasteiger partial charge in [0.15, 0.2) is 0 Å². The molecule has 2 rings (SSSR count). The van der Waals surface area contributed by atoms with Gasteiger partial charge in [0.05, 0.1) is 0 Å². The van der Waals surface area contributed by atoms with Gasteiger partial charge in [-0.2, -0.15) is 0 Å². The molecule has 0 spiro atoms. The average molecular weight is 286 g/mol. The minimum absolute atomic E-state index is 0.328. The summed E-state index contributed by atoms with van der Waals surface area (Å²) in [7, 11) is 2.02. The van der Waals surface area contributed by atoms with Gasteiger partial charge in [0.2, 0.25) is 0 Å². The second-order valence-electron chi connectivity index (χ2n) is 5.18. The Morgan fingerprint density at radius 2 is 1.78 bits per heavy atom. The molecular weight excluding hydrogens is 265 g/mol. The van der Waals surface area contributed by atoms with Gasteiger partial charge in [-0.1, -0.05) is 48.9 Å². The van der Waals surface area contributed by atoms with Gasteiger partial charge in [0, 0.05) is 16.1 Å². The Balaban J connectivity index is 2.23. The highest BCUT2D eigenvalue weighted by molar-refractivity contribution is 6.33. The van der Waals surface area contributed by atoms with Crippen LogP contribution in [0.15, 0.2) is 18.2 Å². The Kier molecular flexibility index (Phi) is 5.35. The minimum Gasteiger partial charge on any atom is -0.313 e. The van der Waals surface area contributed by atoms with Crippen molar-refractivity contribution < 1.29 is 0 Å². The van der Waals surface area contributed by atoms with Gasteiger partial charge < -0.3 is 5.32 Å². The maximum absolute atomic E-state index is 6.33. The van der Waals surface area contributed by atoms with E-state index in [1.165, 1.54) is 38.5 Å². The molecule has 18 heavy (non-hydrogen) atoms. The Morgan fingerprint density at radius 3 is 2.39 bits per heavy atom.